The molecule has 36 N–H and O–H groups in total. The molecule has 47 atom stereocenters. The van der Waals surface area contributed by atoms with E-state index in [1.807, 2.05) is 0 Å². The molecular weight excluding hydrogens is 1710 g/mol. The van der Waals surface area contributed by atoms with Gasteiger partial charge in [-0.3, -0.25) is 18.1 Å². The Labute approximate surface area is 669 Å². The number of carbonyl (C=O) groups is 1. The van der Waals surface area contributed by atoms with Gasteiger partial charge in [0.1, 0.15) is 220 Å². The lowest BCUT2D eigenvalue weighted by atomic mass is 9.91. The molecule has 0 spiro atoms. The van der Waals surface area contributed by atoms with E-state index in [0.29, 0.717) is 0 Å². The summed E-state index contributed by atoms with van der Waals surface area (Å²) in [5.41, 5.74) is 10.8. The highest BCUT2D eigenvalue weighted by molar-refractivity contribution is 7.61. The van der Waals surface area contributed by atoms with E-state index in [1.165, 1.54) is 0 Å². The van der Waals surface area contributed by atoms with Gasteiger partial charge in [-0.25, -0.2) is 18.5 Å². The zero-order valence-electron chi connectivity index (χ0n) is 61.6. The number of rotatable bonds is 40. The lowest BCUT2D eigenvalue weighted by Gasteiger charge is -2.53. The van der Waals surface area contributed by atoms with Crippen molar-refractivity contribution in [3.05, 3.63) is 0 Å². The van der Waals surface area contributed by atoms with Gasteiger partial charge in [0.05, 0.1) is 66.1 Å². The van der Waals surface area contributed by atoms with E-state index in [1.54, 1.807) is 0 Å². The number of carboxylic acids is 1. The summed E-state index contributed by atoms with van der Waals surface area (Å²) in [5, 5.41) is 323. The van der Waals surface area contributed by atoms with Crippen LogP contribution in [0.15, 0.2) is 0 Å². The summed E-state index contributed by atoms with van der Waals surface area (Å²) in [6.07, 6.45) is -113. The molecule has 0 bridgehead atoms. The predicted molar refractivity (Wildman–Crippen MR) is 358 cm³/mol. The Morgan fingerprint density at radius 1 is 0.387 bits per heavy atom. The number of carboxylic acid groups (broad SMARTS) is 1. The molecule has 698 valence electrons. The van der Waals surface area contributed by atoms with Crippen molar-refractivity contribution in [3.8, 4) is 0 Å². The molecule has 0 aliphatic carbocycles. The number of phosphoric acid groups is 3. The minimum atomic E-state index is -6.42. The Kier molecular flexibility index (Phi) is 37.8. The van der Waals surface area contributed by atoms with E-state index in [9.17, 15) is 181 Å². The number of aliphatic carboxylic acids is 1. The Morgan fingerprint density at radius 2 is 0.756 bits per heavy atom. The molecule has 8 saturated heterocycles. The van der Waals surface area contributed by atoms with Crippen molar-refractivity contribution in [1.29, 1.82) is 0 Å². The molecule has 8 aliphatic heterocycles. The van der Waals surface area contributed by atoms with Crippen LogP contribution in [0.3, 0.4) is 0 Å². The van der Waals surface area contributed by atoms with Crippen LogP contribution in [-0.2, 0) is 112 Å². The van der Waals surface area contributed by atoms with Crippen LogP contribution < -0.4 is 11.5 Å². The van der Waals surface area contributed by atoms with E-state index in [4.69, 9.17) is 96.1 Å². The molecule has 0 aromatic rings. The lowest BCUT2D eigenvalue weighted by molar-refractivity contribution is -0.425. The van der Waals surface area contributed by atoms with Crippen LogP contribution >= 0.6 is 23.5 Å². The molecule has 0 aromatic heterocycles. The van der Waals surface area contributed by atoms with Gasteiger partial charge in [-0.1, -0.05) is 0 Å². The third-order valence-electron chi connectivity index (χ3n) is 20.0. The molecule has 58 nitrogen and oxygen atoms in total. The number of nitrogens with two attached hydrogens (primary N) is 2. The molecule has 0 aromatic carbocycles. The van der Waals surface area contributed by atoms with E-state index in [2.05, 4.69) is 8.83 Å². The summed E-state index contributed by atoms with van der Waals surface area (Å²) in [5.74, 6) is -6.27. The molecule has 8 fully saturated rings. The number of phosphoric ester groups is 3. The molecule has 119 heavy (non-hydrogen) atoms. The first kappa shape index (κ1) is 102. The zero-order valence-corrected chi connectivity index (χ0v) is 64.3. The van der Waals surface area contributed by atoms with E-state index < -0.39 is 385 Å². The second-order valence-electron chi connectivity index (χ2n) is 28.2. The Hall–Kier alpha value is -1.96. The number of aliphatic hydroxyl groups is 28. The van der Waals surface area contributed by atoms with Gasteiger partial charge in [-0.05, 0) is 0 Å². The van der Waals surface area contributed by atoms with Crippen LogP contribution in [0.2, 0.25) is 0 Å². The number of ether oxygens (including phenoxy) is 15. The summed E-state index contributed by atoms with van der Waals surface area (Å²) in [7, 11) is -18.0. The highest BCUT2D eigenvalue weighted by atomic mass is 31.3. The van der Waals surface area contributed by atoms with Crippen LogP contribution in [-0.4, -0.2) is 517 Å². The summed E-state index contributed by atoms with van der Waals surface area (Å²) < 4.78 is 152. The fraction of sp³-hybridized carbons (Fsp3) is 0.983. The second-order valence-corrected chi connectivity index (χ2v) is 32.6. The maximum absolute atomic E-state index is 13.8. The largest absolute Gasteiger partial charge is 0.481 e. The summed E-state index contributed by atoms with van der Waals surface area (Å²) in [6, 6.07) is 0. The zero-order chi connectivity index (χ0) is 88.7. The van der Waals surface area contributed by atoms with Crippen molar-refractivity contribution in [2.24, 2.45) is 11.5 Å². The molecular formula is C58H105N2O56P3. The van der Waals surface area contributed by atoms with Gasteiger partial charge in [0.25, 0.3) is 5.79 Å². The van der Waals surface area contributed by atoms with Crippen LogP contribution in [0, 0.1) is 0 Å². The first-order chi connectivity index (χ1) is 55.8. The first-order valence-electron chi connectivity index (χ1n) is 36.2. The molecule has 0 saturated carbocycles. The van der Waals surface area contributed by atoms with Gasteiger partial charge < -0.3 is 245 Å². The Balaban J connectivity index is 1.36. The van der Waals surface area contributed by atoms with E-state index in [0.717, 1.165) is 0 Å². The predicted octanol–water partition coefficient (Wildman–Crippen LogP) is -20.8. The van der Waals surface area contributed by atoms with Crippen LogP contribution in [0.1, 0.15) is 6.42 Å². The molecule has 3 unspecified atom stereocenters. The summed E-state index contributed by atoms with van der Waals surface area (Å²) >= 11 is 0. The first-order valence-corrected chi connectivity index (χ1v) is 40.7. The van der Waals surface area contributed by atoms with Crippen molar-refractivity contribution in [3.63, 3.8) is 0 Å². The van der Waals surface area contributed by atoms with Crippen molar-refractivity contribution in [1.82, 2.24) is 0 Å². The lowest BCUT2D eigenvalue weighted by Crippen LogP contribution is -2.71. The maximum Gasteiger partial charge on any atom is 0.481 e. The molecule has 8 aliphatic rings. The molecule has 0 radical (unpaired) electrons. The normalized spacial score (nSPS) is 46.1. The second kappa shape index (κ2) is 43.9. The molecule has 61 heteroatoms. The fourth-order valence-corrected chi connectivity index (χ4v) is 16.9. The van der Waals surface area contributed by atoms with E-state index in [-0.39, 0.29) is 0 Å². The average Bonchev–Trinajstić information content (AvgIpc) is 0.745. The highest BCUT2D eigenvalue weighted by Gasteiger charge is 2.64. The molecule has 8 heterocycles. The molecule has 0 amide bonds. The minimum absolute atomic E-state index is 0.553. The number of hydrogen-bond donors (Lipinski definition) is 34. The Bertz CT molecular complexity index is 3250. The standard InChI is InChI=1S/C58H105N2O56P3/c59-1-3-98-117(91,92)115-21(12-67)43-36(85)46(109-52-33(82)27(76)24(73)20(11-66)101-52)49(112-54-37(86)45(35(84)40(104-54)15(69)7-62)108-51-32(81)26(75)23(72)19(10-65)100-51)56(106-43)110-47-38(87)55(107-44-18(114-119(95,96)116-118(93,94)99-4-2-60)5-58(90,57(88)89)113-42(44)17(71)9-64)105-41(16(70)8-63)48(47)111-53-34(83)28(77)25(74)22(102-53)13-97-50-31(80)29(78)30(79)39(103-50)14(68)6-61/h14-56,61-87,90H,1-13,59-60H2,(H,88,89)(H,91,92)(H,93,94)(H,95,96)/t14-,15+,16+,17-,18-,19-,20-,21+,22-,23-,24-,25-,26+,27+,28+,29+,30+,31+,32-,33-,34-,35-,36-,37+,38+,39-,40-,41-,42-,43-,44-,45+,46+,47-,48-,49+,50+,51+,52-,53+,54-,55-,56-,58-/m1/s1. The highest BCUT2D eigenvalue weighted by Crippen LogP contribution is 2.62. The van der Waals surface area contributed by atoms with Crippen molar-refractivity contribution in [2.75, 3.05) is 79.2 Å². The maximum atomic E-state index is 13.8. The SMILES string of the molecule is NCCOP(=O)(O)O[C@@H](CO)[C@H]1O[C@H](O[C@@H]2[C@H](O)[C@@H](O[C@H]3[C@@H]([C@H](O)CO)O[C@@](O)(C(=O)O)C[C@H]3OP(=O)(O)OP(=O)(O)OCCN)O[C@H]([C@@H](O)CO)[C@H]2O[C@@H]2O[C@H](CO[C@H]3O[C@H]([C@H](O)CO)[C@@H](O)[C@H](O)[C@@H]3O)[C@@H](O)[C@H](O)[C@H]2O)[C@@H](O[C@H]2O[C@H]([C@@H](O)CO)[C@@H](O)[C@H](O[C@@H]3O[C@H](CO)[C@@H](O)[C@H](O)[C@H]3O)[C@@H]2O)[C@@H](O[C@H]2O[C@H](CO)[C@@H](O)[C@H](O)[C@H]2O)[C@@H]1O. The minimum Gasteiger partial charge on any atom is -0.477 e. The van der Waals surface area contributed by atoms with Crippen molar-refractivity contribution < 1.29 is 275 Å². The third-order valence-corrected chi connectivity index (χ3v) is 23.7. The number of aliphatic hydroxyl groups excluding tert-OH is 27. The van der Waals surface area contributed by atoms with Crippen LogP contribution in [0.5, 0.6) is 0 Å². The van der Waals surface area contributed by atoms with Gasteiger partial charge >= 0.3 is 29.4 Å². The summed E-state index contributed by atoms with van der Waals surface area (Å²) in [6.45, 7) is -14.1. The van der Waals surface area contributed by atoms with E-state index >= 15 is 0 Å². The Morgan fingerprint density at radius 3 is 1.25 bits per heavy atom. The number of hydrogen-bond acceptors (Lipinski definition) is 54. The van der Waals surface area contributed by atoms with Crippen molar-refractivity contribution in [2.45, 2.75) is 276 Å². The monoisotopic (exact) mass is 1820 g/mol. The summed E-state index contributed by atoms with van der Waals surface area (Å²) in [4.78, 5) is 45.3. The van der Waals surface area contributed by atoms with Gasteiger partial charge in [-0.2, -0.15) is 4.31 Å². The average molecular weight is 1820 g/mol. The van der Waals surface area contributed by atoms with Crippen LogP contribution in [0.4, 0.5) is 0 Å². The van der Waals surface area contributed by atoms with Crippen LogP contribution in [0.25, 0.3) is 0 Å². The third kappa shape index (κ3) is 23.9. The van der Waals surface area contributed by atoms with Gasteiger partial charge in [-0.15, -0.1) is 0 Å². The van der Waals surface area contributed by atoms with Gasteiger partial charge in [0, 0.05) is 19.5 Å². The molecule has 8 rings (SSSR count). The van der Waals surface area contributed by atoms with Gasteiger partial charge in [0.15, 0.2) is 44.0 Å². The fourth-order valence-electron chi connectivity index (χ4n) is 13.7. The van der Waals surface area contributed by atoms with Crippen molar-refractivity contribution >= 4 is 29.4 Å². The smallest absolute Gasteiger partial charge is 0.477 e. The topological polar surface area (TPSA) is 952 Å². The van der Waals surface area contributed by atoms with Gasteiger partial charge in [0.2, 0.25) is 0 Å². The quantitative estimate of drug-likeness (QED) is 0.0253.